The number of rotatable bonds is 6. The summed E-state index contributed by atoms with van der Waals surface area (Å²) in [6.45, 7) is 0.226. The molecule has 2 N–H and O–H groups in total. The molecule has 1 heterocycles. The van der Waals surface area contributed by atoms with Crippen molar-refractivity contribution >= 4 is 17.5 Å². The largest absolute Gasteiger partial charge is 0.467 e. The fourth-order valence-corrected chi connectivity index (χ4v) is 1.85. The number of carbonyl (C=O) groups is 2. The van der Waals surface area contributed by atoms with Crippen molar-refractivity contribution < 1.29 is 14.0 Å². The second-order valence-electron chi connectivity index (χ2n) is 4.98. The molecule has 6 nitrogen and oxygen atoms in total. The molecule has 2 rings (SSSR count). The van der Waals surface area contributed by atoms with Gasteiger partial charge in [0.15, 0.2) is 0 Å². The lowest BCUT2D eigenvalue weighted by Crippen LogP contribution is -2.36. The summed E-state index contributed by atoms with van der Waals surface area (Å²) < 4.78 is 5.11. The number of hydrogen-bond acceptors (Lipinski definition) is 4. The Morgan fingerprint density at radius 2 is 1.95 bits per heavy atom. The monoisotopic (exact) mass is 301 g/mol. The molecule has 0 spiro atoms. The zero-order chi connectivity index (χ0) is 15.9. The minimum Gasteiger partial charge on any atom is -0.467 e. The number of nitrogens with one attached hydrogen (secondary N) is 2. The molecule has 116 valence electrons. The first-order valence-electron chi connectivity index (χ1n) is 6.91. The van der Waals surface area contributed by atoms with Crippen LogP contribution in [0.3, 0.4) is 0 Å². The van der Waals surface area contributed by atoms with E-state index in [4.69, 9.17) is 4.42 Å². The fraction of sp³-hybridized carbons (Fsp3) is 0.250. The van der Waals surface area contributed by atoms with E-state index in [0.29, 0.717) is 17.9 Å². The normalized spacial score (nSPS) is 10.1. The van der Waals surface area contributed by atoms with Crippen LogP contribution < -0.4 is 15.5 Å². The van der Waals surface area contributed by atoms with Crippen LogP contribution in [-0.2, 0) is 11.3 Å². The lowest BCUT2D eigenvalue weighted by atomic mass is 10.2. The second-order valence-corrected chi connectivity index (χ2v) is 4.98. The maximum absolute atomic E-state index is 12.0. The lowest BCUT2D eigenvalue weighted by molar-refractivity contribution is -0.120. The summed E-state index contributed by atoms with van der Waals surface area (Å²) >= 11 is 0. The molecule has 1 aromatic heterocycles. The first kappa shape index (κ1) is 15.6. The molecule has 0 fully saturated rings. The van der Waals surface area contributed by atoms with Gasteiger partial charge in [0.05, 0.1) is 19.4 Å². The molecular weight excluding hydrogens is 282 g/mol. The molecule has 0 aliphatic heterocycles. The molecule has 2 amide bonds. The van der Waals surface area contributed by atoms with Crippen molar-refractivity contribution in [3.63, 3.8) is 0 Å². The van der Waals surface area contributed by atoms with E-state index in [-0.39, 0.29) is 18.4 Å². The van der Waals surface area contributed by atoms with Crippen LogP contribution in [0.4, 0.5) is 5.69 Å². The SMILES string of the molecule is CN(C)c1cccc(C(=O)NCC(=O)NCc2ccco2)c1. The molecule has 1 aromatic carbocycles. The van der Waals surface area contributed by atoms with Gasteiger partial charge >= 0.3 is 0 Å². The van der Waals surface area contributed by atoms with Gasteiger partial charge in [-0.3, -0.25) is 9.59 Å². The third kappa shape index (κ3) is 4.37. The standard InChI is InChI=1S/C16H19N3O3/c1-19(2)13-6-3-5-12(9-13)16(21)18-11-15(20)17-10-14-7-4-8-22-14/h3-9H,10-11H2,1-2H3,(H,17,20)(H,18,21). The topological polar surface area (TPSA) is 74.6 Å². The first-order valence-corrected chi connectivity index (χ1v) is 6.91. The molecular formula is C16H19N3O3. The van der Waals surface area contributed by atoms with Crippen molar-refractivity contribution in [3.8, 4) is 0 Å². The van der Waals surface area contributed by atoms with E-state index in [1.165, 1.54) is 0 Å². The van der Waals surface area contributed by atoms with Crippen molar-refractivity contribution in [2.75, 3.05) is 25.5 Å². The van der Waals surface area contributed by atoms with Gasteiger partial charge in [-0.2, -0.15) is 0 Å². The molecule has 0 unspecified atom stereocenters. The predicted molar refractivity (Wildman–Crippen MR) is 83.7 cm³/mol. The van der Waals surface area contributed by atoms with Crippen LogP contribution in [0.5, 0.6) is 0 Å². The van der Waals surface area contributed by atoms with Gasteiger partial charge in [0.25, 0.3) is 5.91 Å². The number of nitrogens with zero attached hydrogens (tertiary/aromatic N) is 1. The van der Waals surface area contributed by atoms with Crippen LogP contribution in [0.15, 0.2) is 47.1 Å². The molecule has 0 saturated carbocycles. The Bertz CT molecular complexity index is 636. The van der Waals surface area contributed by atoms with Crippen molar-refractivity contribution in [3.05, 3.63) is 54.0 Å². The van der Waals surface area contributed by atoms with E-state index >= 15 is 0 Å². The number of amides is 2. The van der Waals surface area contributed by atoms with Gasteiger partial charge in [-0.1, -0.05) is 6.07 Å². The highest BCUT2D eigenvalue weighted by Crippen LogP contribution is 2.13. The Hall–Kier alpha value is -2.76. The summed E-state index contributed by atoms with van der Waals surface area (Å²) in [5.41, 5.74) is 1.44. The van der Waals surface area contributed by atoms with E-state index in [9.17, 15) is 9.59 Å². The van der Waals surface area contributed by atoms with Crippen LogP contribution in [0, 0.1) is 0 Å². The van der Waals surface area contributed by atoms with Crippen LogP contribution in [0.2, 0.25) is 0 Å². The number of carbonyl (C=O) groups excluding carboxylic acids is 2. The quantitative estimate of drug-likeness (QED) is 0.845. The first-order chi connectivity index (χ1) is 10.6. The van der Waals surface area contributed by atoms with Gasteiger partial charge in [-0.05, 0) is 30.3 Å². The molecule has 2 aromatic rings. The molecule has 0 radical (unpaired) electrons. The van der Waals surface area contributed by atoms with Crippen LogP contribution in [0.25, 0.3) is 0 Å². The van der Waals surface area contributed by atoms with Crippen molar-refractivity contribution in [2.45, 2.75) is 6.54 Å². The second kappa shape index (κ2) is 7.31. The van der Waals surface area contributed by atoms with E-state index in [1.807, 2.05) is 25.1 Å². The molecule has 22 heavy (non-hydrogen) atoms. The summed E-state index contributed by atoms with van der Waals surface area (Å²) in [5, 5.41) is 5.26. The maximum atomic E-state index is 12.0. The van der Waals surface area contributed by atoms with Gasteiger partial charge in [0.2, 0.25) is 5.91 Å². The van der Waals surface area contributed by atoms with Gasteiger partial charge in [-0.15, -0.1) is 0 Å². The van der Waals surface area contributed by atoms with Crippen molar-refractivity contribution in [2.24, 2.45) is 0 Å². The van der Waals surface area contributed by atoms with Crippen molar-refractivity contribution in [1.29, 1.82) is 0 Å². The summed E-state index contributed by atoms with van der Waals surface area (Å²) in [5.74, 6) is 0.115. The fourth-order valence-electron chi connectivity index (χ4n) is 1.85. The molecule has 0 saturated heterocycles. The summed E-state index contributed by atoms with van der Waals surface area (Å²) in [6, 6.07) is 10.7. The minimum absolute atomic E-state index is 0.0776. The highest BCUT2D eigenvalue weighted by Gasteiger charge is 2.09. The van der Waals surface area contributed by atoms with E-state index in [2.05, 4.69) is 10.6 Å². The van der Waals surface area contributed by atoms with Gasteiger partial charge in [-0.25, -0.2) is 0 Å². The number of anilines is 1. The Kier molecular flexibility index (Phi) is 5.19. The Labute approximate surface area is 129 Å². The highest BCUT2D eigenvalue weighted by atomic mass is 16.3. The molecule has 0 bridgehead atoms. The summed E-state index contributed by atoms with van der Waals surface area (Å²) in [6.07, 6.45) is 1.54. The molecule has 0 aliphatic carbocycles. The molecule has 0 aliphatic rings. The number of hydrogen-bond donors (Lipinski definition) is 2. The van der Waals surface area contributed by atoms with Gasteiger partial charge in [0.1, 0.15) is 5.76 Å². The maximum Gasteiger partial charge on any atom is 0.251 e. The third-order valence-electron chi connectivity index (χ3n) is 3.07. The average Bonchev–Trinajstić information content (AvgIpc) is 3.04. The molecule has 6 heteroatoms. The predicted octanol–water partition coefficient (Wildman–Crippen LogP) is 1.39. The van der Waals surface area contributed by atoms with Crippen LogP contribution in [0.1, 0.15) is 16.1 Å². The smallest absolute Gasteiger partial charge is 0.251 e. The zero-order valence-corrected chi connectivity index (χ0v) is 12.6. The Balaban J connectivity index is 1.81. The number of furan rings is 1. The zero-order valence-electron chi connectivity index (χ0n) is 12.6. The molecule has 0 atom stereocenters. The summed E-state index contributed by atoms with van der Waals surface area (Å²) in [7, 11) is 3.80. The minimum atomic E-state index is -0.281. The van der Waals surface area contributed by atoms with E-state index in [1.54, 1.807) is 36.6 Å². The Morgan fingerprint density at radius 3 is 2.64 bits per heavy atom. The van der Waals surface area contributed by atoms with Crippen LogP contribution in [-0.4, -0.2) is 32.5 Å². The van der Waals surface area contributed by atoms with Crippen molar-refractivity contribution in [1.82, 2.24) is 10.6 Å². The van der Waals surface area contributed by atoms with E-state index in [0.717, 1.165) is 5.69 Å². The third-order valence-corrected chi connectivity index (χ3v) is 3.07. The summed E-state index contributed by atoms with van der Waals surface area (Å²) in [4.78, 5) is 25.6. The average molecular weight is 301 g/mol. The highest BCUT2D eigenvalue weighted by molar-refractivity contribution is 5.97. The van der Waals surface area contributed by atoms with Crippen LogP contribution >= 0.6 is 0 Å². The van der Waals surface area contributed by atoms with Gasteiger partial charge in [0, 0.05) is 25.3 Å². The van der Waals surface area contributed by atoms with Gasteiger partial charge < -0.3 is 20.0 Å². The Morgan fingerprint density at radius 1 is 1.14 bits per heavy atom. The number of benzene rings is 1. The lowest BCUT2D eigenvalue weighted by Gasteiger charge is -2.13. The van der Waals surface area contributed by atoms with E-state index < -0.39 is 0 Å².